The van der Waals surface area contributed by atoms with Crippen molar-refractivity contribution in [3.63, 3.8) is 0 Å². The minimum absolute atomic E-state index is 0.301. The molecule has 25 heavy (non-hydrogen) atoms. The van der Waals surface area contributed by atoms with E-state index < -0.39 is 0 Å². The van der Waals surface area contributed by atoms with Crippen molar-refractivity contribution in [1.82, 2.24) is 10.6 Å². The van der Waals surface area contributed by atoms with E-state index >= 15 is 0 Å². The fraction of sp³-hybridized carbons (Fsp3) is 0.632. The summed E-state index contributed by atoms with van der Waals surface area (Å²) in [5, 5.41) is 6.63. The van der Waals surface area contributed by atoms with E-state index in [1.54, 1.807) is 14.2 Å². The molecule has 6 nitrogen and oxygen atoms in total. The second-order valence-electron chi connectivity index (χ2n) is 6.22. The molecule has 1 aliphatic heterocycles. The van der Waals surface area contributed by atoms with Gasteiger partial charge in [-0.1, -0.05) is 12.1 Å². The quantitative estimate of drug-likeness (QED) is 0.407. The number of nitrogens with zero attached hydrogens (tertiary/aromatic N) is 1. The van der Waals surface area contributed by atoms with Crippen LogP contribution in [0, 0.1) is 6.92 Å². The highest BCUT2D eigenvalue weighted by atomic mass is 16.5. The van der Waals surface area contributed by atoms with E-state index in [0.717, 1.165) is 62.8 Å². The van der Waals surface area contributed by atoms with Gasteiger partial charge in [0.25, 0.3) is 0 Å². The van der Waals surface area contributed by atoms with E-state index in [0.29, 0.717) is 12.7 Å². The van der Waals surface area contributed by atoms with Gasteiger partial charge in [0.2, 0.25) is 0 Å². The number of hydrogen-bond acceptors (Lipinski definition) is 4. The van der Waals surface area contributed by atoms with Gasteiger partial charge in [-0.25, -0.2) is 0 Å². The number of benzene rings is 1. The van der Waals surface area contributed by atoms with Crippen molar-refractivity contribution < 1.29 is 14.2 Å². The zero-order valence-electron chi connectivity index (χ0n) is 15.6. The molecule has 1 aromatic carbocycles. The molecule has 1 atom stereocenters. The van der Waals surface area contributed by atoms with E-state index in [4.69, 9.17) is 14.2 Å². The zero-order chi connectivity index (χ0) is 17.9. The second kappa shape index (κ2) is 10.9. The van der Waals surface area contributed by atoms with Gasteiger partial charge < -0.3 is 24.8 Å². The maximum atomic E-state index is 5.66. The molecule has 1 heterocycles. The molecule has 0 aliphatic carbocycles. The summed E-state index contributed by atoms with van der Waals surface area (Å²) in [4.78, 5) is 4.25. The molecule has 6 heteroatoms. The average molecular weight is 349 g/mol. The van der Waals surface area contributed by atoms with Crippen molar-refractivity contribution in [1.29, 1.82) is 0 Å². The van der Waals surface area contributed by atoms with Crippen LogP contribution >= 0.6 is 0 Å². The highest BCUT2D eigenvalue weighted by molar-refractivity contribution is 5.79. The minimum Gasteiger partial charge on any atom is -0.496 e. The van der Waals surface area contributed by atoms with Crippen LogP contribution in [0.25, 0.3) is 0 Å². The third-order valence-corrected chi connectivity index (χ3v) is 4.23. The van der Waals surface area contributed by atoms with Gasteiger partial charge in [0, 0.05) is 33.4 Å². The summed E-state index contributed by atoms with van der Waals surface area (Å²) in [6.07, 6.45) is 3.52. The zero-order valence-corrected chi connectivity index (χ0v) is 15.6. The number of aryl methyl sites for hydroxylation is 1. The van der Waals surface area contributed by atoms with E-state index in [1.165, 1.54) is 5.56 Å². The number of hydrogen-bond donors (Lipinski definition) is 2. The van der Waals surface area contributed by atoms with Gasteiger partial charge in [0.1, 0.15) is 5.75 Å². The smallest absolute Gasteiger partial charge is 0.191 e. The summed E-state index contributed by atoms with van der Waals surface area (Å²) in [5.74, 6) is 1.71. The maximum Gasteiger partial charge on any atom is 0.191 e. The lowest BCUT2D eigenvalue weighted by atomic mass is 10.1. The molecule has 0 amide bonds. The molecule has 0 aromatic heterocycles. The Morgan fingerprint density at radius 1 is 1.36 bits per heavy atom. The first-order valence-corrected chi connectivity index (χ1v) is 9.00. The van der Waals surface area contributed by atoms with E-state index in [2.05, 4.69) is 27.8 Å². The third-order valence-electron chi connectivity index (χ3n) is 4.23. The first kappa shape index (κ1) is 19.5. The highest BCUT2D eigenvalue weighted by Crippen LogP contribution is 2.18. The maximum absolute atomic E-state index is 5.66. The van der Waals surface area contributed by atoms with Crippen LogP contribution in [0.1, 0.15) is 30.4 Å². The van der Waals surface area contributed by atoms with Gasteiger partial charge >= 0.3 is 0 Å². The number of ether oxygens (including phenoxy) is 3. The van der Waals surface area contributed by atoms with E-state index in [9.17, 15) is 0 Å². The van der Waals surface area contributed by atoms with Crippen molar-refractivity contribution in [2.24, 2.45) is 4.99 Å². The molecular formula is C19H31N3O3. The van der Waals surface area contributed by atoms with Crippen molar-refractivity contribution in [2.45, 2.75) is 38.8 Å². The molecule has 0 saturated carbocycles. The summed E-state index contributed by atoms with van der Waals surface area (Å²) in [6.45, 7) is 5.93. The third kappa shape index (κ3) is 6.92. The van der Waals surface area contributed by atoms with Gasteiger partial charge in [0.15, 0.2) is 5.96 Å². The molecule has 140 valence electrons. The van der Waals surface area contributed by atoms with Crippen LogP contribution in [0.3, 0.4) is 0 Å². The standard InChI is InChI=1S/C19H31N3O3/c1-15-12-16(7-8-18(15)23-3)13-22-19(20-2)21-9-5-10-24-14-17-6-4-11-25-17/h7-8,12,17H,4-6,9-11,13-14H2,1-3H3,(H2,20,21,22). The molecule has 1 saturated heterocycles. The number of methoxy groups -OCH3 is 1. The molecule has 1 aromatic rings. The Kier molecular flexibility index (Phi) is 8.55. The van der Waals surface area contributed by atoms with Gasteiger partial charge in [-0.3, -0.25) is 4.99 Å². The van der Waals surface area contributed by atoms with Crippen LogP contribution in [0.15, 0.2) is 23.2 Å². The van der Waals surface area contributed by atoms with Crippen molar-refractivity contribution >= 4 is 5.96 Å². The SMILES string of the molecule is CN=C(NCCCOCC1CCCO1)NCc1ccc(OC)c(C)c1. The monoisotopic (exact) mass is 349 g/mol. The number of guanidine groups is 1. The number of nitrogens with one attached hydrogen (secondary N) is 2. The summed E-state index contributed by atoms with van der Waals surface area (Å²) < 4.78 is 16.5. The summed E-state index contributed by atoms with van der Waals surface area (Å²) in [5.41, 5.74) is 2.33. The fourth-order valence-corrected chi connectivity index (χ4v) is 2.83. The minimum atomic E-state index is 0.301. The second-order valence-corrected chi connectivity index (χ2v) is 6.22. The van der Waals surface area contributed by atoms with Crippen LogP contribution in [0.2, 0.25) is 0 Å². The molecule has 2 N–H and O–H groups in total. The highest BCUT2D eigenvalue weighted by Gasteiger charge is 2.14. The lowest BCUT2D eigenvalue weighted by molar-refractivity contribution is 0.0168. The van der Waals surface area contributed by atoms with Gasteiger partial charge in [-0.15, -0.1) is 0 Å². The summed E-state index contributed by atoms with van der Waals surface area (Å²) in [7, 11) is 3.47. The van der Waals surface area contributed by atoms with E-state index in [-0.39, 0.29) is 0 Å². The first-order valence-electron chi connectivity index (χ1n) is 9.00. The van der Waals surface area contributed by atoms with Crippen LogP contribution < -0.4 is 15.4 Å². The molecule has 0 bridgehead atoms. The Balaban J connectivity index is 1.59. The van der Waals surface area contributed by atoms with Gasteiger partial charge in [0.05, 0.1) is 19.8 Å². The lowest BCUT2D eigenvalue weighted by Crippen LogP contribution is -2.37. The average Bonchev–Trinajstić information content (AvgIpc) is 3.14. The molecular weight excluding hydrogens is 318 g/mol. The molecule has 2 rings (SSSR count). The Bertz CT molecular complexity index is 543. The molecule has 0 spiro atoms. The van der Waals surface area contributed by atoms with Crippen molar-refractivity contribution in [2.75, 3.05) is 40.5 Å². The largest absolute Gasteiger partial charge is 0.496 e. The normalized spacial score (nSPS) is 17.6. The topological polar surface area (TPSA) is 64.1 Å². The van der Waals surface area contributed by atoms with Crippen LogP contribution in [-0.2, 0) is 16.0 Å². The summed E-state index contributed by atoms with van der Waals surface area (Å²) >= 11 is 0. The number of aliphatic imine (C=N–C) groups is 1. The van der Waals surface area contributed by atoms with Crippen LogP contribution in [0.5, 0.6) is 5.75 Å². The first-order chi connectivity index (χ1) is 12.2. The molecule has 1 unspecified atom stereocenters. The summed E-state index contributed by atoms with van der Waals surface area (Å²) in [6, 6.07) is 6.18. The Morgan fingerprint density at radius 2 is 2.24 bits per heavy atom. The predicted octanol–water partition coefficient (Wildman–Crippen LogP) is 2.25. The fourth-order valence-electron chi connectivity index (χ4n) is 2.83. The molecule has 0 radical (unpaired) electrons. The Labute approximate surface area is 151 Å². The predicted molar refractivity (Wildman–Crippen MR) is 100 cm³/mol. The van der Waals surface area contributed by atoms with Crippen LogP contribution in [0.4, 0.5) is 0 Å². The van der Waals surface area contributed by atoms with E-state index in [1.807, 2.05) is 13.0 Å². The molecule has 1 aliphatic rings. The Hall–Kier alpha value is -1.79. The van der Waals surface area contributed by atoms with Crippen LogP contribution in [-0.4, -0.2) is 52.6 Å². The van der Waals surface area contributed by atoms with Crippen molar-refractivity contribution in [3.8, 4) is 5.75 Å². The number of rotatable bonds is 9. The molecule has 1 fully saturated rings. The Morgan fingerprint density at radius 3 is 2.92 bits per heavy atom. The lowest BCUT2D eigenvalue weighted by Gasteiger charge is -2.13. The van der Waals surface area contributed by atoms with Gasteiger partial charge in [-0.2, -0.15) is 0 Å². The van der Waals surface area contributed by atoms with Crippen molar-refractivity contribution in [3.05, 3.63) is 29.3 Å². The van der Waals surface area contributed by atoms with Gasteiger partial charge in [-0.05, 0) is 43.4 Å².